The van der Waals surface area contributed by atoms with Crippen molar-refractivity contribution in [3.63, 3.8) is 0 Å². The van der Waals surface area contributed by atoms with Gasteiger partial charge in [-0.3, -0.25) is 4.79 Å². The lowest BCUT2D eigenvalue weighted by Crippen LogP contribution is -2.33. The van der Waals surface area contributed by atoms with Gasteiger partial charge in [-0.2, -0.15) is 0 Å². The third kappa shape index (κ3) is 3.57. The third-order valence-corrected chi connectivity index (χ3v) is 6.20. The summed E-state index contributed by atoms with van der Waals surface area (Å²) in [6.45, 7) is 4.69. The van der Waals surface area contributed by atoms with Gasteiger partial charge in [0.05, 0.1) is 11.6 Å². The number of aryl methyl sites for hydroxylation is 2. The van der Waals surface area contributed by atoms with Gasteiger partial charge in [-0.05, 0) is 59.6 Å². The number of rotatable bonds is 6. The Morgan fingerprint density at radius 1 is 1.10 bits per heavy atom. The molecule has 0 saturated heterocycles. The van der Waals surface area contributed by atoms with Gasteiger partial charge in [-0.15, -0.1) is 4.73 Å². The molecular formula is C24H27N2O4-. The van der Waals surface area contributed by atoms with Crippen molar-refractivity contribution in [1.29, 1.82) is 0 Å². The average Bonchev–Trinajstić information content (AvgIpc) is 3.15. The van der Waals surface area contributed by atoms with E-state index in [9.17, 15) is 20.2 Å². The number of aliphatic hydroxyl groups excluding tert-OH is 1. The minimum atomic E-state index is -0.869. The lowest BCUT2D eigenvalue weighted by Gasteiger charge is -2.20. The predicted molar refractivity (Wildman–Crippen MR) is 114 cm³/mol. The fraction of sp³-hybridized carbons (Fsp3) is 0.375. The van der Waals surface area contributed by atoms with Crippen LogP contribution in [-0.4, -0.2) is 27.6 Å². The molecule has 0 aliphatic heterocycles. The topological polar surface area (TPSA) is 97.5 Å². The lowest BCUT2D eigenvalue weighted by molar-refractivity contribution is -0.266. The van der Waals surface area contributed by atoms with Crippen LogP contribution in [0, 0.1) is 0 Å². The lowest BCUT2D eigenvalue weighted by atomic mass is 9.97. The zero-order chi connectivity index (χ0) is 21.4. The fourth-order valence-corrected chi connectivity index (χ4v) is 4.59. The monoisotopic (exact) mass is 407 g/mol. The number of nitrogens with one attached hydrogen (secondary N) is 1. The molecule has 1 atom stereocenters. The molecule has 158 valence electrons. The minimum absolute atomic E-state index is 0.105. The predicted octanol–water partition coefficient (Wildman–Crippen LogP) is 2.23. The standard InChI is InChI=1S/C24H28N2O4/c1-3-14-9-16-11-18(12-17(16)10-15(14)4-2)25-13-22(28)19-5-7-21(27)24-20(19)6-8-23(29)26(24)30/h5-10,18,22,25,27-28,30H,3-4,11-13H2,1-2H3/p-1/t22-/m0/s1. The smallest absolute Gasteiger partial charge is 0.283 e. The average molecular weight is 407 g/mol. The molecule has 6 nitrogen and oxygen atoms in total. The number of nitrogens with zero attached hydrogens (tertiary/aromatic N) is 1. The SMILES string of the molecule is CCc1cc2c(cc1CC)CC(NC[C@H](O)c1ccc([O-])c3c1ccc(=O)n3O)C2. The van der Waals surface area contributed by atoms with Gasteiger partial charge in [0, 0.05) is 24.0 Å². The molecule has 1 aliphatic carbocycles. The number of aliphatic hydroxyl groups is 1. The summed E-state index contributed by atoms with van der Waals surface area (Å²) in [5.41, 5.74) is 5.31. The van der Waals surface area contributed by atoms with E-state index in [2.05, 4.69) is 31.3 Å². The first-order valence-electron chi connectivity index (χ1n) is 10.5. The summed E-state index contributed by atoms with van der Waals surface area (Å²) >= 11 is 0. The summed E-state index contributed by atoms with van der Waals surface area (Å²) in [5.74, 6) is -0.459. The van der Waals surface area contributed by atoms with Gasteiger partial charge in [-0.1, -0.05) is 43.9 Å². The molecule has 1 aliphatic rings. The molecule has 0 fully saturated rings. The van der Waals surface area contributed by atoms with Gasteiger partial charge >= 0.3 is 0 Å². The van der Waals surface area contributed by atoms with Crippen molar-refractivity contribution in [2.75, 3.05) is 6.54 Å². The highest BCUT2D eigenvalue weighted by atomic mass is 16.5. The van der Waals surface area contributed by atoms with Crippen LogP contribution < -0.4 is 16.0 Å². The van der Waals surface area contributed by atoms with Crippen LogP contribution in [0.15, 0.2) is 41.2 Å². The molecule has 3 N–H and O–H groups in total. The molecule has 30 heavy (non-hydrogen) atoms. The zero-order valence-corrected chi connectivity index (χ0v) is 17.3. The molecule has 0 bridgehead atoms. The summed E-state index contributed by atoms with van der Waals surface area (Å²) in [4.78, 5) is 11.7. The van der Waals surface area contributed by atoms with Gasteiger partial charge in [0.25, 0.3) is 5.56 Å². The molecule has 0 saturated carbocycles. The molecule has 2 aromatic carbocycles. The van der Waals surface area contributed by atoms with Gasteiger partial charge < -0.3 is 20.7 Å². The number of pyridine rings is 1. The van der Waals surface area contributed by atoms with Gasteiger partial charge in [0.15, 0.2) is 0 Å². The Balaban J connectivity index is 1.51. The third-order valence-electron chi connectivity index (χ3n) is 6.20. The van der Waals surface area contributed by atoms with E-state index in [4.69, 9.17) is 0 Å². The fourth-order valence-electron chi connectivity index (χ4n) is 4.59. The maximum Gasteiger partial charge on any atom is 0.283 e. The van der Waals surface area contributed by atoms with Crippen LogP contribution in [0.2, 0.25) is 0 Å². The second kappa shape index (κ2) is 8.13. The van der Waals surface area contributed by atoms with Crippen molar-refractivity contribution < 1.29 is 15.4 Å². The van der Waals surface area contributed by atoms with Crippen LogP contribution in [0.3, 0.4) is 0 Å². The Morgan fingerprint density at radius 2 is 1.73 bits per heavy atom. The molecule has 0 spiro atoms. The highest BCUT2D eigenvalue weighted by Gasteiger charge is 2.24. The van der Waals surface area contributed by atoms with Crippen LogP contribution in [0.25, 0.3) is 10.9 Å². The first-order valence-corrected chi connectivity index (χ1v) is 10.5. The van der Waals surface area contributed by atoms with Crippen LogP contribution in [0.5, 0.6) is 5.75 Å². The van der Waals surface area contributed by atoms with E-state index < -0.39 is 17.4 Å². The second-order valence-corrected chi connectivity index (χ2v) is 8.02. The molecule has 0 amide bonds. The molecule has 3 aromatic rings. The van der Waals surface area contributed by atoms with E-state index in [1.807, 2.05) is 0 Å². The van der Waals surface area contributed by atoms with E-state index in [0.29, 0.717) is 22.2 Å². The van der Waals surface area contributed by atoms with E-state index in [1.165, 1.54) is 40.5 Å². The summed E-state index contributed by atoms with van der Waals surface area (Å²) in [5, 5.41) is 36.7. The van der Waals surface area contributed by atoms with Crippen LogP contribution >= 0.6 is 0 Å². The number of hydrogen-bond acceptors (Lipinski definition) is 5. The molecule has 1 heterocycles. The summed E-state index contributed by atoms with van der Waals surface area (Å²) < 4.78 is 0.353. The highest BCUT2D eigenvalue weighted by Crippen LogP contribution is 2.30. The number of aromatic nitrogens is 1. The van der Waals surface area contributed by atoms with Crippen molar-refractivity contribution in [3.05, 3.63) is 74.6 Å². The Bertz CT molecular complexity index is 1120. The summed E-state index contributed by atoms with van der Waals surface area (Å²) in [6.07, 6.45) is 3.05. The number of hydrogen-bond donors (Lipinski definition) is 3. The van der Waals surface area contributed by atoms with Crippen molar-refractivity contribution in [2.24, 2.45) is 0 Å². The number of benzene rings is 2. The molecule has 1 aromatic heterocycles. The largest absolute Gasteiger partial charge is 0.871 e. The van der Waals surface area contributed by atoms with Crippen LogP contribution in [0.4, 0.5) is 0 Å². The van der Waals surface area contributed by atoms with Gasteiger partial charge in [0.2, 0.25) is 0 Å². The van der Waals surface area contributed by atoms with E-state index >= 15 is 0 Å². The maximum absolute atomic E-state index is 12.1. The van der Waals surface area contributed by atoms with E-state index in [-0.39, 0.29) is 11.6 Å². The quantitative estimate of drug-likeness (QED) is 0.545. The van der Waals surface area contributed by atoms with Crippen LogP contribution in [-0.2, 0) is 25.7 Å². The number of fused-ring (bicyclic) bond motifs is 2. The van der Waals surface area contributed by atoms with Crippen molar-refractivity contribution in [1.82, 2.24) is 10.0 Å². The summed E-state index contributed by atoms with van der Waals surface area (Å²) in [6, 6.07) is 10.4. The van der Waals surface area contributed by atoms with Crippen molar-refractivity contribution in [3.8, 4) is 5.75 Å². The Labute approximate surface area is 175 Å². The molecule has 0 radical (unpaired) electrons. The molecule has 6 heteroatoms. The van der Waals surface area contributed by atoms with Crippen LogP contribution in [0.1, 0.15) is 47.8 Å². The zero-order valence-electron chi connectivity index (χ0n) is 17.3. The van der Waals surface area contributed by atoms with Gasteiger partial charge in [0.1, 0.15) is 0 Å². The minimum Gasteiger partial charge on any atom is -0.871 e. The Hall–Kier alpha value is -2.83. The van der Waals surface area contributed by atoms with Crippen molar-refractivity contribution >= 4 is 10.9 Å². The summed E-state index contributed by atoms with van der Waals surface area (Å²) in [7, 11) is 0. The van der Waals surface area contributed by atoms with Gasteiger partial charge in [-0.25, -0.2) is 0 Å². The Morgan fingerprint density at radius 3 is 2.33 bits per heavy atom. The normalized spacial score (nSPS) is 14.9. The second-order valence-electron chi connectivity index (χ2n) is 8.02. The molecular weight excluding hydrogens is 380 g/mol. The van der Waals surface area contributed by atoms with E-state index in [0.717, 1.165) is 25.7 Å². The maximum atomic E-state index is 12.1. The van der Waals surface area contributed by atoms with Crippen molar-refractivity contribution in [2.45, 2.75) is 51.7 Å². The van der Waals surface area contributed by atoms with E-state index in [1.54, 1.807) is 6.07 Å². The molecule has 0 unspecified atom stereocenters. The molecule has 4 rings (SSSR count). The first kappa shape index (κ1) is 20.4. The first-order chi connectivity index (χ1) is 14.4. The Kier molecular flexibility index (Phi) is 5.54. The highest BCUT2D eigenvalue weighted by molar-refractivity contribution is 5.87.